The van der Waals surface area contributed by atoms with Crippen molar-refractivity contribution in [2.45, 2.75) is 6.92 Å². The van der Waals surface area contributed by atoms with Gasteiger partial charge in [0, 0.05) is 12.6 Å². The van der Waals surface area contributed by atoms with Gasteiger partial charge in [-0.25, -0.2) is 4.79 Å². The van der Waals surface area contributed by atoms with Crippen molar-refractivity contribution in [3.8, 4) is 0 Å². The van der Waals surface area contributed by atoms with Gasteiger partial charge in [0.05, 0.1) is 5.52 Å². The van der Waals surface area contributed by atoms with Crippen LogP contribution in [-0.2, 0) is 7.05 Å². The molecule has 0 N–H and O–H groups in total. The number of aldehydes is 1. The van der Waals surface area contributed by atoms with Gasteiger partial charge in [-0.05, 0) is 24.6 Å². The number of nitrogens with zero attached hydrogens (tertiary/aromatic N) is 1. The molecule has 0 amide bonds. The van der Waals surface area contributed by atoms with E-state index in [4.69, 9.17) is 4.42 Å². The van der Waals surface area contributed by atoms with Gasteiger partial charge in [-0.3, -0.25) is 9.36 Å². The van der Waals surface area contributed by atoms with Crippen LogP contribution in [0.5, 0.6) is 0 Å². The van der Waals surface area contributed by atoms with Crippen LogP contribution in [0.1, 0.15) is 15.9 Å². The molecule has 0 aliphatic heterocycles. The van der Waals surface area contributed by atoms with Crippen LogP contribution in [0.2, 0.25) is 0 Å². The largest absolute Gasteiger partial charge is 0.419 e. The number of aromatic nitrogens is 1. The molecule has 4 nitrogen and oxygen atoms in total. The second kappa shape index (κ2) is 2.83. The Bertz CT molecular complexity index is 562. The number of hydrogen-bond acceptors (Lipinski definition) is 3. The summed E-state index contributed by atoms with van der Waals surface area (Å²) in [6.07, 6.45) is 0.736. The molecule has 0 aliphatic rings. The lowest BCUT2D eigenvalue weighted by molar-refractivity contribution is 0.112. The number of oxazole rings is 1. The fraction of sp³-hybridized carbons (Fsp3) is 0.200. The summed E-state index contributed by atoms with van der Waals surface area (Å²) < 4.78 is 6.40. The maximum absolute atomic E-state index is 11.2. The van der Waals surface area contributed by atoms with Gasteiger partial charge in [0.1, 0.15) is 6.29 Å². The number of carbonyl (C=O) groups is 1. The molecule has 0 radical (unpaired) electrons. The summed E-state index contributed by atoms with van der Waals surface area (Å²) in [5.41, 5.74) is 2.57. The molecule has 2 rings (SSSR count). The van der Waals surface area contributed by atoms with E-state index in [0.29, 0.717) is 11.1 Å². The molecule has 0 bridgehead atoms. The van der Waals surface area contributed by atoms with Crippen molar-refractivity contribution in [1.82, 2.24) is 4.57 Å². The number of benzene rings is 1. The number of aryl methyl sites for hydroxylation is 2. The predicted octanol–water partition coefficient (Wildman–Crippen LogP) is 1.25. The van der Waals surface area contributed by atoms with E-state index in [1.807, 2.05) is 6.92 Å². The molecule has 0 spiro atoms. The standard InChI is InChI=1S/C10H9NO3/c1-6-3-7(5-12)4-8-9(6)11(2)10(13)14-8/h3-5H,1-2H3. The summed E-state index contributed by atoms with van der Waals surface area (Å²) in [6, 6.07) is 3.29. The van der Waals surface area contributed by atoms with Crippen LogP contribution in [0, 0.1) is 6.92 Å². The van der Waals surface area contributed by atoms with Gasteiger partial charge >= 0.3 is 5.76 Å². The monoisotopic (exact) mass is 191 g/mol. The minimum absolute atomic E-state index is 0.411. The highest BCUT2D eigenvalue weighted by Gasteiger charge is 2.09. The van der Waals surface area contributed by atoms with Crippen molar-refractivity contribution < 1.29 is 9.21 Å². The summed E-state index contributed by atoms with van der Waals surface area (Å²) in [5.74, 6) is -0.411. The molecule has 2 aromatic rings. The average Bonchev–Trinajstić information content (AvgIpc) is 2.43. The lowest BCUT2D eigenvalue weighted by atomic mass is 10.1. The minimum Gasteiger partial charge on any atom is -0.408 e. The molecule has 4 heteroatoms. The van der Waals surface area contributed by atoms with Crippen molar-refractivity contribution in [1.29, 1.82) is 0 Å². The van der Waals surface area contributed by atoms with E-state index in [1.54, 1.807) is 19.2 Å². The van der Waals surface area contributed by atoms with Crippen LogP contribution < -0.4 is 5.76 Å². The summed E-state index contributed by atoms with van der Waals surface area (Å²) in [4.78, 5) is 21.8. The van der Waals surface area contributed by atoms with Crippen molar-refractivity contribution in [3.05, 3.63) is 33.8 Å². The highest BCUT2D eigenvalue weighted by atomic mass is 16.4. The van der Waals surface area contributed by atoms with Crippen LogP contribution >= 0.6 is 0 Å². The molecule has 0 fully saturated rings. The topological polar surface area (TPSA) is 52.2 Å². The summed E-state index contributed by atoms with van der Waals surface area (Å²) >= 11 is 0. The molecule has 1 aromatic carbocycles. The third-order valence-electron chi connectivity index (χ3n) is 2.23. The third-order valence-corrected chi connectivity index (χ3v) is 2.23. The van der Waals surface area contributed by atoms with Crippen LogP contribution in [0.15, 0.2) is 21.3 Å². The van der Waals surface area contributed by atoms with Gasteiger partial charge in [-0.2, -0.15) is 0 Å². The maximum Gasteiger partial charge on any atom is 0.419 e. The van der Waals surface area contributed by atoms with E-state index in [0.717, 1.165) is 17.4 Å². The fourth-order valence-electron chi connectivity index (χ4n) is 1.60. The third kappa shape index (κ3) is 1.08. The second-order valence-corrected chi connectivity index (χ2v) is 3.23. The highest BCUT2D eigenvalue weighted by molar-refractivity contribution is 5.86. The second-order valence-electron chi connectivity index (χ2n) is 3.23. The smallest absolute Gasteiger partial charge is 0.408 e. The average molecular weight is 191 g/mol. The Morgan fingerprint density at radius 3 is 2.79 bits per heavy atom. The van der Waals surface area contributed by atoms with Gasteiger partial charge in [0.25, 0.3) is 0 Å². The number of rotatable bonds is 1. The first-order chi connectivity index (χ1) is 6.63. The molecule has 72 valence electrons. The Morgan fingerprint density at radius 2 is 2.14 bits per heavy atom. The molecular weight excluding hydrogens is 182 g/mol. The zero-order valence-electron chi connectivity index (χ0n) is 7.90. The first-order valence-corrected chi connectivity index (χ1v) is 4.19. The van der Waals surface area contributed by atoms with Crippen molar-refractivity contribution in [3.63, 3.8) is 0 Å². The Balaban J connectivity index is 2.96. The summed E-state index contributed by atoms with van der Waals surface area (Å²) in [5, 5.41) is 0. The Hall–Kier alpha value is -1.84. The normalized spacial score (nSPS) is 10.7. The van der Waals surface area contributed by atoms with Crippen molar-refractivity contribution >= 4 is 17.4 Å². The number of hydrogen-bond donors (Lipinski definition) is 0. The molecule has 0 saturated heterocycles. The van der Waals surface area contributed by atoms with Gasteiger partial charge < -0.3 is 4.42 Å². The summed E-state index contributed by atoms with van der Waals surface area (Å²) in [6.45, 7) is 1.84. The first kappa shape index (κ1) is 8.74. The van der Waals surface area contributed by atoms with Crippen molar-refractivity contribution in [2.24, 2.45) is 7.05 Å². The van der Waals surface area contributed by atoms with Crippen LogP contribution in [-0.4, -0.2) is 10.9 Å². The quantitative estimate of drug-likeness (QED) is 0.637. The van der Waals surface area contributed by atoms with E-state index in [1.165, 1.54) is 4.57 Å². The molecule has 1 heterocycles. The molecule has 0 atom stereocenters. The Morgan fingerprint density at radius 1 is 1.43 bits per heavy atom. The Kier molecular flexibility index (Phi) is 1.77. The van der Waals surface area contributed by atoms with Gasteiger partial charge in [0.2, 0.25) is 0 Å². The van der Waals surface area contributed by atoms with Gasteiger partial charge in [0.15, 0.2) is 5.58 Å². The van der Waals surface area contributed by atoms with Gasteiger partial charge in [-0.15, -0.1) is 0 Å². The maximum atomic E-state index is 11.2. The van der Waals surface area contributed by atoms with Crippen LogP contribution in [0.25, 0.3) is 11.1 Å². The lowest BCUT2D eigenvalue weighted by Gasteiger charge is -1.98. The summed E-state index contributed by atoms with van der Waals surface area (Å²) in [7, 11) is 1.64. The molecule has 0 aliphatic carbocycles. The number of carbonyl (C=O) groups excluding carboxylic acids is 1. The SMILES string of the molecule is Cc1cc(C=O)cc2oc(=O)n(C)c12. The van der Waals surface area contributed by atoms with Crippen LogP contribution in [0.3, 0.4) is 0 Å². The van der Waals surface area contributed by atoms with Crippen molar-refractivity contribution in [2.75, 3.05) is 0 Å². The Labute approximate surface area is 79.8 Å². The molecule has 1 aromatic heterocycles. The zero-order chi connectivity index (χ0) is 10.3. The number of fused-ring (bicyclic) bond motifs is 1. The first-order valence-electron chi connectivity index (χ1n) is 4.19. The highest BCUT2D eigenvalue weighted by Crippen LogP contribution is 2.18. The van der Waals surface area contributed by atoms with Gasteiger partial charge in [-0.1, -0.05) is 0 Å². The van der Waals surface area contributed by atoms with E-state index < -0.39 is 5.76 Å². The van der Waals surface area contributed by atoms with E-state index in [2.05, 4.69) is 0 Å². The fourth-order valence-corrected chi connectivity index (χ4v) is 1.60. The molecule has 14 heavy (non-hydrogen) atoms. The van der Waals surface area contributed by atoms with E-state index in [-0.39, 0.29) is 0 Å². The molecular formula is C10H9NO3. The zero-order valence-corrected chi connectivity index (χ0v) is 7.90. The van der Waals surface area contributed by atoms with E-state index in [9.17, 15) is 9.59 Å². The van der Waals surface area contributed by atoms with Crippen LogP contribution in [0.4, 0.5) is 0 Å². The molecule has 0 saturated carbocycles. The minimum atomic E-state index is -0.411. The molecule has 0 unspecified atom stereocenters. The van der Waals surface area contributed by atoms with E-state index >= 15 is 0 Å². The predicted molar refractivity (Wildman–Crippen MR) is 51.6 cm³/mol. The lowest BCUT2D eigenvalue weighted by Crippen LogP contribution is -2.08.